The molecule has 0 bridgehead atoms. The van der Waals surface area contributed by atoms with Gasteiger partial charge in [-0.3, -0.25) is 0 Å². The van der Waals surface area contributed by atoms with Crippen molar-refractivity contribution in [3.8, 4) is 0 Å². The number of likely N-dealkylation sites (N-methyl/N-ethyl adjacent to an activating group) is 1. The second-order valence-corrected chi connectivity index (χ2v) is 6.09. The van der Waals surface area contributed by atoms with E-state index in [2.05, 4.69) is 83.3 Å². The van der Waals surface area contributed by atoms with Crippen LogP contribution in [0, 0.1) is 0 Å². The molecule has 1 heterocycles. The van der Waals surface area contributed by atoms with Gasteiger partial charge in [-0.15, -0.1) is 0 Å². The first-order chi connectivity index (χ1) is 9.65. The highest BCUT2D eigenvalue weighted by Gasteiger charge is 2.22. The van der Waals surface area contributed by atoms with Crippen LogP contribution in [0.1, 0.15) is 24.1 Å². The number of fused-ring (bicyclic) bond motifs is 1. The quantitative estimate of drug-likeness (QED) is 0.739. The Balaban J connectivity index is 2.04. The number of rotatable bonds is 1. The molecule has 0 spiro atoms. The molecule has 0 amide bonds. The van der Waals surface area contributed by atoms with Crippen LogP contribution in [-0.2, 0) is 6.42 Å². The Hall–Kier alpha value is -1.61. The number of hydrogen-bond acceptors (Lipinski definition) is 2. The molecular weight excluding hydrogens is 312 g/mol. The van der Waals surface area contributed by atoms with E-state index in [-0.39, 0.29) is 0 Å². The molecule has 2 nitrogen and oxygen atoms in total. The van der Waals surface area contributed by atoms with Crippen LogP contribution in [0.25, 0.3) is 0 Å². The highest BCUT2D eigenvalue weighted by atomic mass is 79.9. The van der Waals surface area contributed by atoms with Crippen molar-refractivity contribution in [2.24, 2.45) is 4.99 Å². The molecule has 0 saturated heterocycles. The Kier molecular flexibility index (Phi) is 3.62. The third kappa shape index (κ3) is 2.50. The predicted octanol–water partition coefficient (Wildman–Crippen LogP) is 4.73. The Labute approximate surface area is 128 Å². The first kappa shape index (κ1) is 13.4. The number of benzene rings is 2. The summed E-state index contributed by atoms with van der Waals surface area (Å²) in [7, 11) is 2.12. The van der Waals surface area contributed by atoms with Gasteiger partial charge in [-0.25, -0.2) is 4.99 Å². The molecule has 3 rings (SSSR count). The van der Waals surface area contributed by atoms with Crippen molar-refractivity contribution in [3.05, 3.63) is 64.1 Å². The van der Waals surface area contributed by atoms with E-state index in [1.807, 2.05) is 0 Å². The molecule has 102 valence electrons. The molecule has 20 heavy (non-hydrogen) atoms. The topological polar surface area (TPSA) is 15.6 Å². The third-order valence-electron chi connectivity index (χ3n) is 3.92. The molecule has 0 radical (unpaired) electrons. The van der Waals surface area contributed by atoms with Crippen LogP contribution in [0.5, 0.6) is 0 Å². The van der Waals surface area contributed by atoms with E-state index in [4.69, 9.17) is 4.99 Å². The van der Waals surface area contributed by atoms with Gasteiger partial charge in [0.05, 0.1) is 11.7 Å². The van der Waals surface area contributed by atoms with E-state index >= 15 is 0 Å². The van der Waals surface area contributed by atoms with Crippen LogP contribution in [0.15, 0.2) is 58.0 Å². The van der Waals surface area contributed by atoms with Gasteiger partial charge in [0.2, 0.25) is 0 Å². The average Bonchev–Trinajstić information content (AvgIpc) is 2.58. The lowest BCUT2D eigenvalue weighted by molar-refractivity contribution is 0.374. The van der Waals surface area contributed by atoms with Gasteiger partial charge in [0.15, 0.2) is 0 Å². The summed E-state index contributed by atoms with van der Waals surface area (Å²) in [5, 5.41) is 0. The first-order valence-corrected chi connectivity index (χ1v) is 7.56. The molecule has 0 saturated carbocycles. The van der Waals surface area contributed by atoms with Gasteiger partial charge in [0, 0.05) is 11.5 Å². The van der Waals surface area contributed by atoms with Crippen LogP contribution in [0.4, 0.5) is 5.69 Å². The Morgan fingerprint density at radius 2 is 1.80 bits per heavy atom. The molecule has 1 unspecified atom stereocenters. The predicted molar refractivity (Wildman–Crippen MR) is 87.6 cm³/mol. The summed E-state index contributed by atoms with van der Waals surface area (Å²) in [5.41, 5.74) is 3.72. The van der Waals surface area contributed by atoms with Crippen molar-refractivity contribution >= 4 is 27.5 Å². The first-order valence-electron chi connectivity index (χ1n) is 6.76. The minimum Gasteiger partial charge on any atom is -0.356 e. The molecule has 0 N–H and O–H groups in total. The SMILES string of the molecule is CC1=Nc2ccccc2CC(c2ccc(Br)cc2)N1C. The number of aliphatic imine (C=N–C) groups is 1. The number of para-hydroxylation sites is 1. The van der Waals surface area contributed by atoms with Crippen LogP contribution < -0.4 is 0 Å². The Morgan fingerprint density at radius 1 is 1.10 bits per heavy atom. The standard InChI is InChI=1S/C17H17BrN2/c1-12-19-16-6-4-3-5-14(16)11-17(20(12)2)13-7-9-15(18)10-8-13/h3-10,17H,11H2,1-2H3. The lowest BCUT2D eigenvalue weighted by atomic mass is 9.97. The lowest BCUT2D eigenvalue weighted by Gasteiger charge is -2.28. The average molecular weight is 329 g/mol. The maximum Gasteiger partial charge on any atom is 0.102 e. The zero-order valence-electron chi connectivity index (χ0n) is 11.7. The molecule has 1 aliphatic rings. The summed E-state index contributed by atoms with van der Waals surface area (Å²) < 4.78 is 1.11. The summed E-state index contributed by atoms with van der Waals surface area (Å²) in [6.07, 6.45) is 0.981. The van der Waals surface area contributed by atoms with E-state index in [0.717, 1.165) is 22.4 Å². The van der Waals surface area contributed by atoms with Crippen molar-refractivity contribution < 1.29 is 0 Å². The zero-order valence-corrected chi connectivity index (χ0v) is 13.3. The number of halogens is 1. The smallest absolute Gasteiger partial charge is 0.102 e. The van der Waals surface area contributed by atoms with Gasteiger partial charge in [-0.1, -0.05) is 46.3 Å². The maximum absolute atomic E-state index is 4.75. The minimum absolute atomic E-state index is 0.329. The van der Waals surface area contributed by atoms with Gasteiger partial charge in [-0.05, 0) is 42.7 Å². The zero-order chi connectivity index (χ0) is 14.1. The van der Waals surface area contributed by atoms with E-state index in [9.17, 15) is 0 Å². The van der Waals surface area contributed by atoms with Crippen LogP contribution >= 0.6 is 15.9 Å². The van der Waals surface area contributed by atoms with Gasteiger partial charge in [-0.2, -0.15) is 0 Å². The molecule has 1 atom stereocenters. The highest BCUT2D eigenvalue weighted by molar-refractivity contribution is 9.10. The summed E-state index contributed by atoms with van der Waals surface area (Å²) in [6, 6.07) is 17.3. The summed E-state index contributed by atoms with van der Waals surface area (Å²) in [4.78, 5) is 7.01. The fraction of sp³-hybridized carbons (Fsp3) is 0.235. The highest BCUT2D eigenvalue weighted by Crippen LogP contribution is 2.33. The van der Waals surface area contributed by atoms with E-state index in [1.165, 1.54) is 11.1 Å². The normalized spacial score (nSPS) is 18.2. The number of nitrogens with zero attached hydrogens (tertiary/aromatic N) is 2. The second-order valence-electron chi connectivity index (χ2n) is 5.17. The fourth-order valence-electron chi connectivity index (χ4n) is 2.64. The van der Waals surface area contributed by atoms with Crippen molar-refractivity contribution in [2.75, 3.05) is 7.05 Å². The molecule has 0 aliphatic carbocycles. The molecule has 1 aliphatic heterocycles. The maximum atomic E-state index is 4.75. The monoisotopic (exact) mass is 328 g/mol. The van der Waals surface area contributed by atoms with Crippen LogP contribution in [-0.4, -0.2) is 17.8 Å². The summed E-state index contributed by atoms with van der Waals surface area (Å²) in [5.74, 6) is 1.06. The molecular formula is C17H17BrN2. The summed E-state index contributed by atoms with van der Waals surface area (Å²) in [6.45, 7) is 2.08. The second kappa shape index (κ2) is 5.41. The van der Waals surface area contributed by atoms with Crippen LogP contribution in [0.2, 0.25) is 0 Å². The number of hydrogen-bond donors (Lipinski definition) is 0. The minimum atomic E-state index is 0.329. The molecule has 0 fully saturated rings. The van der Waals surface area contributed by atoms with Gasteiger partial charge < -0.3 is 4.90 Å². The lowest BCUT2D eigenvalue weighted by Crippen LogP contribution is -2.29. The summed E-state index contributed by atoms with van der Waals surface area (Å²) >= 11 is 3.50. The Bertz CT molecular complexity index is 646. The van der Waals surface area contributed by atoms with Crippen LogP contribution in [0.3, 0.4) is 0 Å². The molecule has 2 aromatic carbocycles. The van der Waals surface area contributed by atoms with Gasteiger partial charge >= 0.3 is 0 Å². The van der Waals surface area contributed by atoms with Crippen molar-refractivity contribution in [2.45, 2.75) is 19.4 Å². The largest absolute Gasteiger partial charge is 0.356 e. The van der Waals surface area contributed by atoms with Crippen molar-refractivity contribution in [1.29, 1.82) is 0 Å². The van der Waals surface area contributed by atoms with Crippen molar-refractivity contribution in [1.82, 2.24) is 4.90 Å². The van der Waals surface area contributed by atoms with Crippen molar-refractivity contribution in [3.63, 3.8) is 0 Å². The van der Waals surface area contributed by atoms with Gasteiger partial charge in [0.1, 0.15) is 5.84 Å². The Morgan fingerprint density at radius 3 is 2.55 bits per heavy atom. The molecule has 0 aromatic heterocycles. The van der Waals surface area contributed by atoms with E-state index < -0.39 is 0 Å². The van der Waals surface area contributed by atoms with E-state index in [1.54, 1.807) is 0 Å². The van der Waals surface area contributed by atoms with E-state index in [0.29, 0.717) is 6.04 Å². The molecule has 2 aromatic rings. The van der Waals surface area contributed by atoms with Gasteiger partial charge in [0.25, 0.3) is 0 Å². The fourth-order valence-corrected chi connectivity index (χ4v) is 2.91. The number of amidine groups is 1. The molecule has 3 heteroatoms. The third-order valence-corrected chi connectivity index (χ3v) is 4.45.